The van der Waals surface area contributed by atoms with Crippen LogP contribution in [0.25, 0.3) is 22.0 Å². The first-order valence-corrected chi connectivity index (χ1v) is 12.2. The van der Waals surface area contributed by atoms with Crippen molar-refractivity contribution in [3.63, 3.8) is 0 Å². The van der Waals surface area contributed by atoms with Gasteiger partial charge in [0.15, 0.2) is 0 Å². The highest BCUT2D eigenvalue weighted by Gasteiger charge is 2.38. The number of fused-ring (bicyclic) bond motifs is 1. The molecule has 1 fully saturated rings. The van der Waals surface area contributed by atoms with Crippen LogP contribution in [0.3, 0.4) is 0 Å². The Kier molecular flexibility index (Phi) is 8.48. The lowest BCUT2D eigenvalue weighted by molar-refractivity contribution is -0.192. The number of hydrogen-bond donors (Lipinski definition) is 2. The number of rotatable bonds is 5. The maximum absolute atomic E-state index is 14.9. The number of hydrogen-bond acceptors (Lipinski definition) is 4. The number of nitrogens with zero attached hydrogens (tertiary/aromatic N) is 3. The summed E-state index contributed by atoms with van der Waals surface area (Å²) in [4.78, 5) is 26.2. The van der Waals surface area contributed by atoms with E-state index >= 15 is 0 Å². The minimum atomic E-state index is -5.08. The van der Waals surface area contributed by atoms with Crippen molar-refractivity contribution in [3.8, 4) is 11.1 Å². The maximum Gasteiger partial charge on any atom is 0.490 e. The lowest BCUT2D eigenvalue weighted by Crippen LogP contribution is -2.41. The van der Waals surface area contributed by atoms with Gasteiger partial charge >= 0.3 is 12.1 Å². The number of likely N-dealkylation sites (N-methyl/N-ethyl adjacent to an activating group) is 1. The molecule has 2 N–H and O–H groups in total. The Morgan fingerprint density at radius 1 is 1.05 bits per heavy atom. The zero-order valence-electron chi connectivity index (χ0n) is 21.3. The molecule has 1 aliphatic heterocycles. The second-order valence-corrected chi connectivity index (χ2v) is 9.43. The number of carboxylic acid groups (broad SMARTS) is 1. The van der Waals surface area contributed by atoms with E-state index in [1.54, 1.807) is 23.2 Å². The monoisotopic (exact) mass is 560 g/mol. The lowest BCUT2D eigenvalue weighted by Gasteiger charge is -2.29. The van der Waals surface area contributed by atoms with Crippen molar-refractivity contribution in [1.82, 2.24) is 20.0 Å². The summed E-state index contributed by atoms with van der Waals surface area (Å²) in [5.74, 6) is -3.73. The number of halogens is 5. The second kappa shape index (κ2) is 11.8. The van der Waals surface area contributed by atoms with Crippen molar-refractivity contribution in [3.05, 3.63) is 89.6 Å². The number of carbonyl (C=O) groups is 2. The molecule has 3 aromatic carbocycles. The predicted octanol–water partition coefficient (Wildman–Crippen LogP) is 5.49. The van der Waals surface area contributed by atoms with Gasteiger partial charge in [-0.05, 0) is 79.7 Å². The van der Waals surface area contributed by atoms with Crippen LogP contribution in [0.4, 0.5) is 22.0 Å². The molecule has 2 heterocycles. The highest BCUT2D eigenvalue weighted by molar-refractivity contribution is 5.94. The number of carbonyl (C=O) groups excluding carboxylic acids is 1. The summed E-state index contributed by atoms with van der Waals surface area (Å²) in [5.41, 5.74) is 3.59. The molecule has 12 heteroatoms. The van der Waals surface area contributed by atoms with Crippen molar-refractivity contribution < 1.29 is 36.6 Å². The van der Waals surface area contributed by atoms with Gasteiger partial charge in [0, 0.05) is 35.6 Å². The summed E-state index contributed by atoms with van der Waals surface area (Å²) in [6.07, 6.45) is -2.52. The number of carboxylic acids is 1. The molecule has 0 bridgehead atoms. The summed E-state index contributed by atoms with van der Waals surface area (Å²) in [7, 11) is 2.01. The zero-order chi connectivity index (χ0) is 29.0. The molecule has 0 radical (unpaired) electrons. The maximum atomic E-state index is 14.9. The van der Waals surface area contributed by atoms with Crippen molar-refractivity contribution in [2.75, 3.05) is 20.1 Å². The number of H-pyrrole nitrogens is 1. The van der Waals surface area contributed by atoms with Crippen LogP contribution < -0.4 is 0 Å². The van der Waals surface area contributed by atoms with E-state index < -0.39 is 18.0 Å². The van der Waals surface area contributed by atoms with Gasteiger partial charge in [0.1, 0.15) is 11.6 Å². The van der Waals surface area contributed by atoms with Gasteiger partial charge in [-0.3, -0.25) is 9.89 Å². The smallest absolute Gasteiger partial charge is 0.475 e. The standard InChI is InChI=1S/C26H24F2N4O.C2HF3O2/c1-31-11-10-23(16-31)32(26(33)17-2-6-22(27)7-3-17)15-21-13-18(4-8-24(21)28)19-5-9-25-20(12-19)14-29-30-25;3-2(4,5)1(6)7/h2-9,12-14,23H,10-11,15-16H2,1H3,(H,29,30);(H,6,7). The van der Waals surface area contributed by atoms with Crippen LogP contribution in [0.15, 0.2) is 66.9 Å². The molecule has 0 spiro atoms. The molecule has 1 atom stereocenters. The molecule has 1 amide bonds. The molecule has 1 aliphatic rings. The summed E-state index contributed by atoms with van der Waals surface area (Å²) < 4.78 is 60.1. The molecule has 40 heavy (non-hydrogen) atoms. The van der Waals surface area contributed by atoms with Crippen LogP contribution in [-0.2, 0) is 11.3 Å². The van der Waals surface area contributed by atoms with Gasteiger partial charge in [0.25, 0.3) is 5.91 Å². The van der Waals surface area contributed by atoms with Crippen LogP contribution in [0, 0.1) is 11.6 Å². The SMILES string of the molecule is CN1CCC(N(Cc2cc(-c3ccc4[nH]ncc4c3)ccc2F)C(=O)c2ccc(F)cc2)C1.O=C(O)C(F)(F)F. The zero-order valence-corrected chi connectivity index (χ0v) is 21.3. The summed E-state index contributed by atoms with van der Waals surface area (Å²) >= 11 is 0. The van der Waals surface area contributed by atoms with E-state index in [4.69, 9.17) is 9.90 Å². The summed E-state index contributed by atoms with van der Waals surface area (Å²) in [6, 6.07) is 16.4. The molecule has 1 unspecified atom stereocenters. The second-order valence-electron chi connectivity index (χ2n) is 9.43. The molecule has 0 aliphatic carbocycles. The topological polar surface area (TPSA) is 89.5 Å². The molecular formula is C28H25F5N4O3. The summed E-state index contributed by atoms with van der Waals surface area (Å²) in [6.45, 7) is 1.72. The highest BCUT2D eigenvalue weighted by atomic mass is 19.4. The van der Waals surface area contributed by atoms with Crippen molar-refractivity contribution >= 4 is 22.8 Å². The fourth-order valence-corrected chi connectivity index (χ4v) is 4.47. The van der Waals surface area contributed by atoms with E-state index in [1.807, 2.05) is 25.2 Å². The van der Waals surface area contributed by atoms with E-state index in [-0.39, 0.29) is 24.3 Å². The van der Waals surface area contributed by atoms with Gasteiger partial charge in [-0.2, -0.15) is 18.3 Å². The van der Waals surface area contributed by atoms with Crippen LogP contribution in [0.2, 0.25) is 0 Å². The number of amides is 1. The predicted molar refractivity (Wildman–Crippen MR) is 137 cm³/mol. The van der Waals surface area contributed by atoms with Crippen molar-refractivity contribution in [2.45, 2.75) is 25.2 Å². The number of aromatic nitrogens is 2. The van der Waals surface area contributed by atoms with Gasteiger partial charge < -0.3 is 14.9 Å². The third-order valence-electron chi connectivity index (χ3n) is 6.56. The largest absolute Gasteiger partial charge is 0.490 e. The van der Waals surface area contributed by atoms with E-state index in [1.165, 1.54) is 30.3 Å². The summed E-state index contributed by atoms with van der Waals surface area (Å²) in [5, 5.41) is 15.1. The van der Waals surface area contributed by atoms with E-state index in [9.17, 15) is 26.7 Å². The Morgan fingerprint density at radius 3 is 2.33 bits per heavy atom. The molecule has 5 rings (SSSR count). The third kappa shape index (κ3) is 6.81. The molecule has 1 saturated heterocycles. The quantitative estimate of drug-likeness (QED) is 0.315. The van der Waals surface area contributed by atoms with Gasteiger partial charge in [0.2, 0.25) is 0 Å². The third-order valence-corrected chi connectivity index (χ3v) is 6.56. The normalized spacial score (nSPS) is 15.5. The number of alkyl halides is 3. The average Bonchev–Trinajstić information content (AvgIpc) is 3.56. The van der Waals surface area contributed by atoms with Crippen LogP contribution in [0.1, 0.15) is 22.3 Å². The molecule has 0 saturated carbocycles. The Bertz CT molecular complexity index is 1500. The van der Waals surface area contributed by atoms with Crippen LogP contribution >= 0.6 is 0 Å². The van der Waals surface area contributed by atoms with Gasteiger partial charge in [0.05, 0.1) is 11.7 Å². The fourth-order valence-electron chi connectivity index (χ4n) is 4.47. The first kappa shape index (κ1) is 28.7. The van der Waals surface area contributed by atoms with Crippen LogP contribution in [0.5, 0.6) is 0 Å². The number of nitrogens with one attached hydrogen (secondary N) is 1. The number of aliphatic carboxylic acids is 1. The molecule has 210 valence electrons. The number of benzene rings is 3. The molecule has 4 aromatic rings. The minimum Gasteiger partial charge on any atom is -0.475 e. The minimum absolute atomic E-state index is 0.0436. The van der Waals surface area contributed by atoms with Crippen molar-refractivity contribution in [2.24, 2.45) is 0 Å². The Balaban J connectivity index is 0.000000470. The first-order chi connectivity index (χ1) is 18.9. The lowest BCUT2D eigenvalue weighted by atomic mass is 10.0. The average molecular weight is 561 g/mol. The Hall–Kier alpha value is -4.32. The molecule has 1 aromatic heterocycles. The first-order valence-electron chi connectivity index (χ1n) is 12.2. The van der Waals surface area contributed by atoms with Gasteiger partial charge in [-0.25, -0.2) is 13.6 Å². The Morgan fingerprint density at radius 2 is 1.70 bits per heavy atom. The van der Waals surface area contributed by atoms with E-state index in [0.717, 1.165) is 35.0 Å². The van der Waals surface area contributed by atoms with Gasteiger partial charge in [-0.15, -0.1) is 0 Å². The molecular weight excluding hydrogens is 535 g/mol. The van der Waals surface area contributed by atoms with Crippen molar-refractivity contribution in [1.29, 1.82) is 0 Å². The Labute approximate surface area is 225 Å². The molecule has 7 nitrogen and oxygen atoms in total. The van der Waals surface area contributed by atoms with E-state index in [2.05, 4.69) is 15.1 Å². The highest BCUT2D eigenvalue weighted by Crippen LogP contribution is 2.28. The van der Waals surface area contributed by atoms with Gasteiger partial charge in [-0.1, -0.05) is 12.1 Å². The van der Waals surface area contributed by atoms with Crippen LogP contribution in [-0.4, -0.2) is 69.3 Å². The fraction of sp³-hybridized carbons (Fsp3) is 0.250. The van der Waals surface area contributed by atoms with E-state index in [0.29, 0.717) is 17.7 Å². The number of likely N-dealkylation sites (tertiary alicyclic amines) is 1. The number of aromatic amines is 1.